The standard InChI is InChI=1S/C18H15P.2BrH.Fe/c1-4-10-16(11-5-1)19(17-12-6-2-7-13-17)18-14-8-3-9-15-18;;;/h1-15H;2*1H;/q;;;+2/p-2. The molecule has 3 rings (SSSR count). The zero-order chi connectivity index (χ0) is 12.9. The molecule has 0 fully saturated rings. The first-order chi connectivity index (χ1) is 9.45. The summed E-state index contributed by atoms with van der Waals surface area (Å²) in [4.78, 5) is 0. The second-order valence-corrected chi connectivity index (χ2v) is 6.56. The summed E-state index contributed by atoms with van der Waals surface area (Å²) in [7, 11) is -0.446. The molecule has 3 aromatic rings. The molecular weight excluding hydrogens is 463 g/mol. The SMILES string of the molecule is [Br-].[Br-].[Fe+2].c1ccc(P(c2ccccc2)c2ccccc2)cc1. The number of hydrogen-bond donors (Lipinski definition) is 0. The zero-order valence-corrected chi connectivity index (χ0v) is 16.9. The van der Waals surface area contributed by atoms with Crippen LogP contribution in [0.25, 0.3) is 0 Å². The molecule has 0 saturated carbocycles. The summed E-state index contributed by atoms with van der Waals surface area (Å²) in [6, 6.07) is 32.3. The molecule has 0 heterocycles. The van der Waals surface area contributed by atoms with E-state index in [-0.39, 0.29) is 51.0 Å². The van der Waals surface area contributed by atoms with Crippen molar-refractivity contribution in [1.29, 1.82) is 0 Å². The average molecular weight is 478 g/mol. The van der Waals surface area contributed by atoms with Gasteiger partial charge >= 0.3 is 17.1 Å². The van der Waals surface area contributed by atoms with Crippen LogP contribution in [-0.4, -0.2) is 0 Å². The average Bonchev–Trinajstić information content (AvgIpc) is 2.51. The second kappa shape index (κ2) is 11.2. The van der Waals surface area contributed by atoms with Crippen molar-refractivity contribution in [2.75, 3.05) is 0 Å². The maximum Gasteiger partial charge on any atom is 2.00 e. The Morgan fingerprint density at radius 3 is 0.864 bits per heavy atom. The van der Waals surface area contributed by atoms with Crippen LogP contribution >= 0.6 is 7.92 Å². The Hall–Kier alpha value is -0.431. The van der Waals surface area contributed by atoms with Crippen LogP contribution in [-0.2, 0) is 17.1 Å². The number of halogens is 2. The van der Waals surface area contributed by atoms with E-state index < -0.39 is 7.92 Å². The third kappa shape index (κ3) is 5.33. The van der Waals surface area contributed by atoms with E-state index in [1.54, 1.807) is 0 Å². The Labute approximate surface area is 165 Å². The van der Waals surface area contributed by atoms with E-state index in [4.69, 9.17) is 0 Å². The van der Waals surface area contributed by atoms with Crippen LogP contribution in [0.4, 0.5) is 0 Å². The molecule has 0 atom stereocenters. The Balaban J connectivity index is 0.00000147. The summed E-state index contributed by atoms with van der Waals surface area (Å²) in [6.07, 6.45) is 0. The first kappa shape index (κ1) is 21.6. The quantitative estimate of drug-likeness (QED) is 0.288. The van der Waals surface area contributed by atoms with Crippen molar-refractivity contribution in [2.24, 2.45) is 0 Å². The van der Waals surface area contributed by atoms with Crippen LogP contribution in [0.1, 0.15) is 0 Å². The van der Waals surface area contributed by atoms with Gasteiger partial charge in [0, 0.05) is 0 Å². The van der Waals surface area contributed by atoms with Gasteiger partial charge < -0.3 is 34.0 Å². The third-order valence-electron chi connectivity index (χ3n) is 3.04. The fourth-order valence-corrected chi connectivity index (χ4v) is 4.48. The Morgan fingerprint density at radius 1 is 0.409 bits per heavy atom. The van der Waals surface area contributed by atoms with Crippen molar-refractivity contribution >= 4 is 23.8 Å². The van der Waals surface area contributed by atoms with Gasteiger partial charge in [-0.1, -0.05) is 91.0 Å². The molecule has 0 aliphatic heterocycles. The monoisotopic (exact) mass is 476 g/mol. The fraction of sp³-hybridized carbons (Fsp3) is 0. The maximum atomic E-state index is 2.23. The molecular formula is C18H15Br2FeP. The summed E-state index contributed by atoms with van der Waals surface area (Å²) < 4.78 is 0. The van der Waals surface area contributed by atoms with Gasteiger partial charge in [-0.05, 0) is 23.8 Å². The zero-order valence-electron chi connectivity index (χ0n) is 11.7. The predicted molar refractivity (Wildman–Crippen MR) is 85.1 cm³/mol. The number of hydrogen-bond acceptors (Lipinski definition) is 0. The van der Waals surface area contributed by atoms with E-state index in [0.29, 0.717) is 0 Å². The summed E-state index contributed by atoms with van der Waals surface area (Å²) in [5.41, 5.74) is 0. The molecule has 0 aliphatic rings. The smallest absolute Gasteiger partial charge is 1.00 e. The largest absolute Gasteiger partial charge is 2.00 e. The van der Waals surface area contributed by atoms with Crippen molar-refractivity contribution < 1.29 is 51.0 Å². The van der Waals surface area contributed by atoms with Gasteiger partial charge in [0.25, 0.3) is 0 Å². The first-order valence-corrected chi connectivity index (χ1v) is 7.74. The van der Waals surface area contributed by atoms with Gasteiger partial charge in [0.1, 0.15) is 0 Å². The van der Waals surface area contributed by atoms with Gasteiger partial charge in [-0.25, -0.2) is 0 Å². The van der Waals surface area contributed by atoms with E-state index in [0.717, 1.165) is 0 Å². The molecule has 0 radical (unpaired) electrons. The van der Waals surface area contributed by atoms with Gasteiger partial charge in [-0.15, -0.1) is 0 Å². The minimum atomic E-state index is -0.446. The summed E-state index contributed by atoms with van der Waals surface area (Å²) >= 11 is 0. The van der Waals surface area contributed by atoms with Crippen molar-refractivity contribution in [3.63, 3.8) is 0 Å². The van der Waals surface area contributed by atoms with Crippen molar-refractivity contribution in [3.8, 4) is 0 Å². The Kier molecular flexibility index (Phi) is 10.9. The van der Waals surface area contributed by atoms with Crippen molar-refractivity contribution in [2.45, 2.75) is 0 Å². The molecule has 0 N–H and O–H groups in total. The van der Waals surface area contributed by atoms with Crippen LogP contribution in [0.3, 0.4) is 0 Å². The van der Waals surface area contributed by atoms with Crippen molar-refractivity contribution in [1.82, 2.24) is 0 Å². The fourth-order valence-electron chi connectivity index (χ4n) is 2.18. The molecule has 3 aromatic carbocycles. The second-order valence-electron chi connectivity index (χ2n) is 4.34. The molecule has 22 heavy (non-hydrogen) atoms. The molecule has 0 saturated heterocycles. The molecule has 0 aromatic heterocycles. The van der Waals surface area contributed by atoms with Gasteiger partial charge in [-0.2, -0.15) is 0 Å². The molecule has 0 bridgehead atoms. The van der Waals surface area contributed by atoms with Crippen LogP contribution in [0.5, 0.6) is 0 Å². The molecule has 114 valence electrons. The van der Waals surface area contributed by atoms with Gasteiger partial charge in [-0.3, -0.25) is 0 Å². The van der Waals surface area contributed by atoms with E-state index >= 15 is 0 Å². The van der Waals surface area contributed by atoms with Crippen LogP contribution in [0, 0.1) is 0 Å². The number of rotatable bonds is 3. The number of benzene rings is 3. The van der Waals surface area contributed by atoms with E-state index in [2.05, 4.69) is 91.0 Å². The van der Waals surface area contributed by atoms with Crippen LogP contribution in [0.2, 0.25) is 0 Å². The molecule has 0 spiro atoms. The van der Waals surface area contributed by atoms with Crippen LogP contribution < -0.4 is 49.9 Å². The van der Waals surface area contributed by atoms with Crippen molar-refractivity contribution in [3.05, 3.63) is 91.0 Å². The van der Waals surface area contributed by atoms with E-state index in [9.17, 15) is 0 Å². The predicted octanol–water partition coefficient (Wildman–Crippen LogP) is -2.55. The molecule has 0 nitrogen and oxygen atoms in total. The normalized spacial score (nSPS) is 9.14. The first-order valence-electron chi connectivity index (χ1n) is 6.40. The minimum Gasteiger partial charge on any atom is -1.00 e. The molecule has 0 unspecified atom stereocenters. The molecule has 4 heteroatoms. The topological polar surface area (TPSA) is 0 Å². The van der Waals surface area contributed by atoms with Gasteiger partial charge in [0.2, 0.25) is 0 Å². The summed E-state index contributed by atoms with van der Waals surface area (Å²) in [6.45, 7) is 0. The Morgan fingerprint density at radius 2 is 0.636 bits per heavy atom. The van der Waals surface area contributed by atoms with Gasteiger partial charge in [0.15, 0.2) is 0 Å². The van der Waals surface area contributed by atoms with E-state index in [1.165, 1.54) is 15.9 Å². The Bertz CT molecular complexity index is 539. The summed E-state index contributed by atoms with van der Waals surface area (Å²) in [5.74, 6) is 0. The maximum absolute atomic E-state index is 2.23. The summed E-state index contributed by atoms with van der Waals surface area (Å²) in [5, 5.41) is 4.19. The third-order valence-corrected chi connectivity index (χ3v) is 5.49. The van der Waals surface area contributed by atoms with E-state index in [1.807, 2.05) is 0 Å². The van der Waals surface area contributed by atoms with Gasteiger partial charge in [0.05, 0.1) is 0 Å². The molecule has 0 aliphatic carbocycles. The van der Waals surface area contributed by atoms with Crippen LogP contribution in [0.15, 0.2) is 91.0 Å². The minimum absolute atomic E-state index is 0. The molecule has 0 amide bonds.